The SMILES string of the molecule is CC#CC[C@H](C)[C@H](O)CCC1[C@H](O)C[C@@H]2C/C(=C\CCCC(=O)O)C[C@H]12. The molecule has 0 aliphatic heterocycles. The molecule has 0 bridgehead atoms. The van der Waals surface area contributed by atoms with Gasteiger partial charge in [0.15, 0.2) is 0 Å². The molecular weight excluding hydrogens is 328 g/mol. The number of unbranched alkanes of at least 4 members (excludes halogenated alkanes) is 1. The lowest BCUT2D eigenvalue weighted by atomic mass is 9.85. The van der Waals surface area contributed by atoms with Gasteiger partial charge in [-0.05, 0) is 75.5 Å². The normalized spacial score (nSPS) is 31.3. The number of aliphatic hydroxyl groups excluding tert-OH is 2. The van der Waals surface area contributed by atoms with Crippen molar-refractivity contribution in [2.75, 3.05) is 0 Å². The van der Waals surface area contributed by atoms with Gasteiger partial charge in [0.25, 0.3) is 0 Å². The van der Waals surface area contributed by atoms with Crippen LogP contribution in [0.2, 0.25) is 0 Å². The van der Waals surface area contributed by atoms with Gasteiger partial charge < -0.3 is 15.3 Å². The molecule has 0 radical (unpaired) electrons. The van der Waals surface area contributed by atoms with E-state index in [0.29, 0.717) is 18.3 Å². The molecule has 0 aromatic carbocycles. The van der Waals surface area contributed by atoms with Crippen LogP contribution in [0.1, 0.15) is 71.6 Å². The standard InChI is InChI=1S/C22H34O4/c1-3-4-7-15(2)20(23)11-10-18-19-13-16(8-5-6-9-22(25)26)12-17(19)14-21(18)24/h8,15,17-21,23-24H,5-7,9-14H2,1-2H3,(H,25,26)/b16-8+/t15-,17-,18?,19-,20+,21+/m0/s1. The van der Waals surface area contributed by atoms with Crippen molar-refractivity contribution in [3.63, 3.8) is 0 Å². The Hall–Kier alpha value is -1.31. The zero-order valence-electron chi connectivity index (χ0n) is 16.2. The highest BCUT2D eigenvalue weighted by molar-refractivity contribution is 5.66. The Balaban J connectivity index is 1.81. The van der Waals surface area contributed by atoms with Crippen molar-refractivity contribution < 1.29 is 20.1 Å². The Bertz CT molecular complexity index is 556. The molecule has 26 heavy (non-hydrogen) atoms. The lowest BCUT2D eigenvalue weighted by molar-refractivity contribution is -0.137. The molecule has 0 aromatic heterocycles. The number of hydrogen-bond acceptors (Lipinski definition) is 3. The van der Waals surface area contributed by atoms with Gasteiger partial charge in [0.05, 0.1) is 12.2 Å². The molecule has 2 saturated carbocycles. The van der Waals surface area contributed by atoms with E-state index in [2.05, 4.69) is 17.9 Å². The van der Waals surface area contributed by atoms with Gasteiger partial charge in [0.1, 0.15) is 0 Å². The van der Waals surface area contributed by atoms with E-state index in [1.54, 1.807) is 0 Å². The fourth-order valence-corrected chi connectivity index (χ4v) is 4.75. The average molecular weight is 363 g/mol. The van der Waals surface area contributed by atoms with Crippen LogP contribution in [0.4, 0.5) is 0 Å². The molecule has 0 spiro atoms. The summed E-state index contributed by atoms with van der Waals surface area (Å²) in [5, 5.41) is 29.5. The number of carboxylic acids is 1. The maximum absolute atomic E-state index is 10.6. The Kier molecular flexibility index (Phi) is 8.18. The molecule has 2 rings (SSSR count). The molecule has 2 fully saturated rings. The second-order valence-corrected chi connectivity index (χ2v) is 8.20. The quantitative estimate of drug-likeness (QED) is 0.331. The predicted molar refractivity (Wildman–Crippen MR) is 102 cm³/mol. The topological polar surface area (TPSA) is 77.8 Å². The third-order valence-electron chi connectivity index (χ3n) is 6.30. The monoisotopic (exact) mass is 362 g/mol. The molecule has 4 nitrogen and oxygen atoms in total. The first-order chi connectivity index (χ1) is 12.4. The number of fused-ring (bicyclic) bond motifs is 1. The van der Waals surface area contributed by atoms with Crippen molar-refractivity contribution in [3.05, 3.63) is 11.6 Å². The summed E-state index contributed by atoms with van der Waals surface area (Å²) in [7, 11) is 0. The molecular formula is C22H34O4. The van der Waals surface area contributed by atoms with Gasteiger partial charge in [0, 0.05) is 12.8 Å². The highest BCUT2D eigenvalue weighted by Gasteiger charge is 2.45. The van der Waals surface area contributed by atoms with E-state index in [9.17, 15) is 15.0 Å². The van der Waals surface area contributed by atoms with Gasteiger partial charge in [-0.3, -0.25) is 4.79 Å². The molecule has 2 aliphatic rings. The van der Waals surface area contributed by atoms with E-state index in [1.165, 1.54) is 5.57 Å². The first-order valence-corrected chi connectivity index (χ1v) is 10.1. The lowest BCUT2D eigenvalue weighted by Crippen LogP contribution is -2.24. The summed E-state index contributed by atoms with van der Waals surface area (Å²) in [6.45, 7) is 3.86. The minimum absolute atomic E-state index is 0.171. The van der Waals surface area contributed by atoms with Gasteiger partial charge in [-0.25, -0.2) is 0 Å². The average Bonchev–Trinajstić information content (AvgIpc) is 3.10. The second-order valence-electron chi connectivity index (χ2n) is 8.20. The molecule has 0 saturated heterocycles. The number of aliphatic hydroxyl groups is 2. The minimum Gasteiger partial charge on any atom is -0.481 e. The molecule has 0 aromatic rings. The van der Waals surface area contributed by atoms with Gasteiger partial charge in [-0.2, -0.15) is 0 Å². The van der Waals surface area contributed by atoms with Crippen LogP contribution in [0.25, 0.3) is 0 Å². The summed E-state index contributed by atoms with van der Waals surface area (Å²) >= 11 is 0. The lowest BCUT2D eigenvalue weighted by Gasteiger charge is -2.24. The van der Waals surface area contributed by atoms with Crippen LogP contribution in [0.5, 0.6) is 0 Å². The molecule has 146 valence electrons. The zero-order chi connectivity index (χ0) is 19.1. The molecule has 6 atom stereocenters. The summed E-state index contributed by atoms with van der Waals surface area (Å²) in [6, 6.07) is 0. The number of carbonyl (C=O) groups is 1. The van der Waals surface area contributed by atoms with Gasteiger partial charge in [-0.1, -0.05) is 18.6 Å². The third-order valence-corrected chi connectivity index (χ3v) is 6.30. The Morgan fingerprint density at radius 2 is 2.15 bits per heavy atom. The maximum atomic E-state index is 10.6. The van der Waals surface area contributed by atoms with Gasteiger partial charge >= 0.3 is 5.97 Å². The largest absolute Gasteiger partial charge is 0.481 e. The number of carboxylic acid groups (broad SMARTS) is 1. The van der Waals surface area contributed by atoms with Crippen molar-refractivity contribution in [2.24, 2.45) is 23.7 Å². The summed E-state index contributed by atoms with van der Waals surface area (Å²) in [5.41, 5.74) is 1.44. The summed E-state index contributed by atoms with van der Waals surface area (Å²) in [6.07, 6.45) is 8.69. The Morgan fingerprint density at radius 3 is 2.85 bits per heavy atom. The van der Waals surface area contributed by atoms with Crippen molar-refractivity contribution in [3.8, 4) is 11.8 Å². The summed E-state index contributed by atoms with van der Waals surface area (Å²) in [5.74, 6) is 6.72. The highest BCUT2D eigenvalue weighted by atomic mass is 16.4. The number of rotatable bonds is 9. The molecule has 0 amide bonds. The fourth-order valence-electron chi connectivity index (χ4n) is 4.75. The van der Waals surface area contributed by atoms with Crippen molar-refractivity contribution >= 4 is 5.97 Å². The fraction of sp³-hybridized carbons (Fsp3) is 0.773. The van der Waals surface area contributed by atoms with Crippen LogP contribution in [0, 0.1) is 35.5 Å². The van der Waals surface area contributed by atoms with E-state index in [4.69, 9.17) is 5.11 Å². The van der Waals surface area contributed by atoms with Gasteiger partial charge in [-0.15, -0.1) is 11.8 Å². The molecule has 0 heterocycles. The Labute approximate surface area is 157 Å². The van der Waals surface area contributed by atoms with Crippen LogP contribution < -0.4 is 0 Å². The highest BCUT2D eigenvalue weighted by Crippen LogP contribution is 2.51. The smallest absolute Gasteiger partial charge is 0.303 e. The predicted octanol–water partition coefficient (Wildman–Crippen LogP) is 3.77. The van der Waals surface area contributed by atoms with Crippen LogP contribution in [0.3, 0.4) is 0 Å². The van der Waals surface area contributed by atoms with E-state index in [0.717, 1.165) is 44.9 Å². The molecule has 4 heteroatoms. The first-order valence-electron chi connectivity index (χ1n) is 10.1. The van der Waals surface area contributed by atoms with Crippen LogP contribution in [-0.4, -0.2) is 33.5 Å². The summed E-state index contributed by atoms with van der Waals surface area (Å²) in [4.78, 5) is 10.6. The molecule has 3 N–H and O–H groups in total. The second kappa shape index (κ2) is 10.1. The first kappa shape index (κ1) is 21.0. The molecule has 2 aliphatic carbocycles. The minimum atomic E-state index is -0.729. The van der Waals surface area contributed by atoms with E-state index < -0.39 is 5.97 Å². The molecule has 1 unspecified atom stereocenters. The van der Waals surface area contributed by atoms with E-state index >= 15 is 0 Å². The number of hydrogen-bond donors (Lipinski definition) is 3. The van der Waals surface area contributed by atoms with Crippen LogP contribution in [0.15, 0.2) is 11.6 Å². The van der Waals surface area contributed by atoms with Crippen LogP contribution >= 0.6 is 0 Å². The number of allylic oxidation sites excluding steroid dienone is 2. The van der Waals surface area contributed by atoms with E-state index in [1.807, 2.05) is 13.8 Å². The summed E-state index contributed by atoms with van der Waals surface area (Å²) < 4.78 is 0. The number of aliphatic carboxylic acids is 1. The zero-order valence-corrected chi connectivity index (χ0v) is 16.2. The maximum Gasteiger partial charge on any atom is 0.303 e. The van der Waals surface area contributed by atoms with Gasteiger partial charge in [0.2, 0.25) is 0 Å². The van der Waals surface area contributed by atoms with E-state index in [-0.39, 0.29) is 30.5 Å². The van der Waals surface area contributed by atoms with Crippen LogP contribution in [-0.2, 0) is 4.79 Å². The Morgan fingerprint density at radius 1 is 1.38 bits per heavy atom. The third kappa shape index (κ3) is 5.86. The van der Waals surface area contributed by atoms with Crippen molar-refractivity contribution in [2.45, 2.75) is 83.8 Å². The van der Waals surface area contributed by atoms with Crippen molar-refractivity contribution in [1.29, 1.82) is 0 Å². The van der Waals surface area contributed by atoms with Crippen molar-refractivity contribution in [1.82, 2.24) is 0 Å².